The maximum atomic E-state index is 13.7. The van der Waals surface area contributed by atoms with Crippen molar-refractivity contribution in [3.63, 3.8) is 0 Å². The molecule has 4 rings (SSSR count). The Morgan fingerprint density at radius 2 is 1.85 bits per heavy atom. The molecule has 3 aliphatic heterocycles. The van der Waals surface area contributed by atoms with Crippen LogP contribution in [-0.4, -0.2) is 64.7 Å². The molecule has 5 atom stereocenters. The first kappa shape index (κ1) is 24.4. The Balaban J connectivity index is 1.56. The fourth-order valence-corrected chi connectivity index (χ4v) is 7.72. The number of carbonyl (C=O) groups is 3. The quantitative estimate of drug-likeness (QED) is 0.588. The zero-order valence-electron chi connectivity index (χ0n) is 19.7. The van der Waals surface area contributed by atoms with Gasteiger partial charge in [0, 0.05) is 10.6 Å². The predicted octanol–water partition coefficient (Wildman–Crippen LogP) is 2.52. The van der Waals surface area contributed by atoms with E-state index in [0.29, 0.717) is 6.42 Å². The molecule has 0 saturated carbocycles. The molecule has 2 saturated heterocycles. The highest BCUT2D eigenvalue weighted by Gasteiger charge is 2.54. The molecule has 3 N–H and O–H groups in total. The summed E-state index contributed by atoms with van der Waals surface area (Å²) in [6.45, 7) is 5.91. The Labute approximate surface area is 204 Å². The second-order valence-corrected chi connectivity index (χ2v) is 12.2. The van der Waals surface area contributed by atoms with Gasteiger partial charge in [-0.1, -0.05) is 32.0 Å². The highest BCUT2D eigenvalue weighted by molar-refractivity contribution is 8.00. The Morgan fingerprint density at radius 3 is 2.61 bits per heavy atom. The van der Waals surface area contributed by atoms with E-state index in [9.17, 15) is 14.4 Å². The molecule has 0 aromatic heterocycles. The van der Waals surface area contributed by atoms with Crippen LogP contribution in [0.3, 0.4) is 0 Å². The third kappa shape index (κ3) is 4.91. The Morgan fingerprint density at radius 1 is 1.12 bits per heavy atom. The lowest BCUT2D eigenvalue weighted by molar-refractivity contribution is -0.144. The van der Waals surface area contributed by atoms with Gasteiger partial charge in [-0.3, -0.25) is 14.4 Å². The average molecular weight is 491 g/mol. The molecule has 3 heterocycles. The lowest BCUT2D eigenvalue weighted by Crippen LogP contribution is -2.58. The molecule has 3 unspecified atom stereocenters. The van der Waals surface area contributed by atoms with Crippen molar-refractivity contribution >= 4 is 41.2 Å². The van der Waals surface area contributed by atoms with Crippen LogP contribution in [0.25, 0.3) is 0 Å². The Bertz CT molecular complexity index is 925. The number of hydrogen-bond acceptors (Lipinski definition) is 6. The summed E-state index contributed by atoms with van der Waals surface area (Å²) in [6, 6.07) is 6.60. The third-order valence-corrected chi connectivity index (χ3v) is 9.34. The number of benzene rings is 1. The van der Waals surface area contributed by atoms with E-state index < -0.39 is 12.1 Å². The fraction of sp³-hybridized carbons (Fsp3) is 0.625. The standard InChI is InChI=1S/C24H34N4O3S2/c1-14(25-4)21(29)27-17-10-12-33-19-13-24(2,3)20(28(19)23(17)31)22(30)26-16-9-11-32-18-8-6-5-7-15(16)18/h5-8,14,16-17,19-20,25H,9-13H2,1-4H3,(H,26,30)(H,27,29)/t14?,16?,17-,19?,20+/m0/s1. The van der Waals surface area contributed by atoms with E-state index in [4.69, 9.17) is 0 Å². The van der Waals surface area contributed by atoms with Crippen molar-refractivity contribution in [1.82, 2.24) is 20.9 Å². The minimum absolute atomic E-state index is 0.0495. The van der Waals surface area contributed by atoms with Crippen molar-refractivity contribution in [3.05, 3.63) is 29.8 Å². The van der Waals surface area contributed by atoms with Gasteiger partial charge in [-0.25, -0.2) is 0 Å². The first-order valence-electron chi connectivity index (χ1n) is 11.7. The second-order valence-electron chi connectivity index (χ2n) is 9.76. The minimum atomic E-state index is -0.609. The zero-order chi connectivity index (χ0) is 23.8. The van der Waals surface area contributed by atoms with Gasteiger partial charge in [0.1, 0.15) is 12.1 Å². The van der Waals surface area contributed by atoms with Crippen LogP contribution in [0.15, 0.2) is 29.2 Å². The molecule has 1 aromatic carbocycles. The molecule has 0 aliphatic carbocycles. The van der Waals surface area contributed by atoms with Crippen molar-refractivity contribution in [2.24, 2.45) is 5.41 Å². The van der Waals surface area contributed by atoms with Crippen LogP contribution in [0.5, 0.6) is 0 Å². The van der Waals surface area contributed by atoms with E-state index in [0.717, 1.165) is 29.9 Å². The number of nitrogens with zero attached hydrogens (tertiary/aromatic N) is 1. The predicted molar refractivity (Wildman–Crippen MR) is 133 cm³/mol. The van der Waals surface area contributed by atoms with Crippen LogP contribution in [0, 0.1) is 5.41 Å². The van der Waals surface area contributed by atoms with E-state index >= 15 is 0 Å². The molecule has 7 nitrogen and oxygen atoms in total. The molecule has 33 heavy (non-hydrogen) atoms. The molecule has 0 bridgehead atoms. The van der Waals surface area contributed by atoms with Crippen molar-refractivity contribution in [3.8, 4) is 0 Å². The maximum absolute atomic E-state index is 13.7. The van der Waals surface area contributed by atoms with Crippen molar-refractivity contribution in [2.75, 3.05) is 18.6 Å². The molecule has 2 fully saturated rings. The average Bonchev–Trinajstić information content (AvgIpc) is 2.99. The number of amides is 3. The molecule has 9 heteroatoms. The van der Waals surface area contributed by atoms with Crippen molar-refractivity contribution < 1.29 is 14.4 Å². The molecule has 180 valence electrons. The van der Waals surface area contributed by atoms with Crippen LogP contribution in [0.4, 0.5) is 0 Å². The molecule has 0 radical (unpaired) electrons. The Hall–Kier alpha value is -1.71. The topological polar surface area (TPSA) is 90.5 Å². The van der Waals surface area contributed by atoms with Crippen LogP contribution >= 0.6 is 23.5 Å². The van der Waals surface area contributed by atoms with Gasteiger partial charge in [0.25, 0.3) is 0 Å². The maximum Gasteiger partial charge on any atom is 0.246 e. The minimum Gasteiger partial charge on any atom is -0.347 e. The molecular weight excluding hydrogens is 456 g/mol. The van der Waals surface area contributed by atoms with Gasteiger partial charge in [0.2, 0.25) is 17.7 Å². The van der Waals surface area contributed by atoms with Gasteiger partial charge in [-0.2, -0.15) is 0 Å². The number of fused-ring (bicyclic) bond motifs is 2. The number of nitrogens with one attached hydrogen (secondary N) is 3. The van der Waals surface area contributed by atoms with E-state index in [1.165, 1.54) is 4.90 Å². The largest absolute Gasteiger partial charge is 0.347 e. The summed E-state index contributed by atoms with van der Waals surface area (Å²) < 4.78 is 0. The van der Waals surface area contributed by atoms with E-state index in [-0.39, 0.29) is 40.6 Å². The highest BCUT2D eigenvalue weighted by Crippen LogP contribution is 2.46. The number of rotatable bonds is 5. The summed E-state index contributed by atoms with van der Waals surface area (Å²) in [5, 5.41) is 9.05. The van der Waals surface area contributed by atoms with Gasteiger partial charge in [0.15, 0.2) is 0 Å². The number of hydrogen-bond donors (Lipinski definition) is 3. The van der Waals surface area contributed by atoms with Crippen LogP contribution < -0.4 is 16.0 Å². The summed E-state index contributed by atoms with van der Waals surface area (Å²) >= 11 is 3.53. The molecular formula is C24H34N4O3S2. The molecule has 1 aromatic rings. The summed E-state index contributed by atoms with van der Waals surface area (Å²) in [5.41, 5.74) is 0.794. The van der Waals surface area contributed by atoms with E-state index in [2.05, 4.69) is 41.9 Å². The monoisotopic (exact) mass is 490 g/mol. The lowest BCUT2D eigenvalue weighted by atomic mass is 9.83. The summed E-state index contributed by atoms with van der Waals surface area (Å²) in [4.78, 5) is 42.8. The molecule has 3 aliphatic rings. The fourth-order valence-electron chi connectivity index (χ4n) is 5.02. The SMILES string of the molecule is CNC(C)C(=O)N[C@H]1CCSC2CC(C)(C)[C@@H](C(=O)NC3CCSc4ccccc43)N2C1=O. The zero-order valence-corrected chi connectivity index (χ0v) is 21.4. The molecule has 3 amide bonds. The first-order chi connectivity index (χ1) is 15.7. The van der Waals surface area contributed by atoms with Gasteiger partial charge in [-0.15, -0.1) is 23.5 Å². The summed E-state index contributed by atoms with van der Waals surface area (Å²) in [5.74, 6) is 1.28. The van der Waals surface area contributed by atoms with Crippen molar-refractivity contribution in [2.45, 2.75) is 74.5 Å². The van der Waals surface area contributed by atoms with Crippen LogP contribution in [0.1, 0.15) is 51.6 Å². The van der Waals surface area contributed by atoms with E-state index in [1.54, 1.807) is 30.6 Å². The smallest absolute Gasteiger partial charge is 0.246 e. The Kier molecular flexibility index (Phi) is 7.31. The number of likely N-dealkylation sites (N-methyl/N-ethyl adjacent to an activating group) is 1. The second kappa shape index (κ2) is 9.88. The first-order valence-corrected chi connectivity index (χ1v) is 13.7. The summed E-state index contributed by atoms with van der Waals surface area (Å²) in [7, 11) is 1.72. The van der Waals surface area contributed by atoms with Gasteiger partial charge in [0.05, 0.1) is 17.5 Å². The third-order valence-electron chi connectivity index (χ3n) is 6.96. The van der Waals surface area contributed by atoms with Gasteiger partial charge >= 0.3 is 0 Å². The van der Waals surface area contributed by atoms with Crippen LogP contribution in [-0.2, 0) is 14.4 Å². The van der Waals surface area contributed by atoms with E-state index in [1.807, 2.05) is 23.9 Å². The highest BCUT2D eigenvalue weighted by atomic mass is 32.2. The normalized spacial score (nSPS) is 29.5. The summed E-state index contributed by atoms with van der Waals surface area (Å²) in [6.07, 6.45) is 2.19. The molecule has 0 spiro atoms. The van der Waals surface area contributed by atoms with Gasteiger partial charge in [-0.05, 0) is 56.0 Å². The number of thioether (sulfide) groups is 2. The van der Waals surface area contributed by atoms with Crippen molar-refractivity contribution in [1.29, 1.82) is 0 Å². The van der Waals surface area contributed by atoms with Gasteiger partial charge < -0.3 is 20.9 Å². The van der Waals surface area contributed by atoms with Crippen LogP contribution in [0.2, 0.25) is 0 Å². The lowest BCUT2D eigenvalue weighted by Gasteiger charge is -2.36. The number of carbonyl (C=O) groups excluding carboxylic acids is 3.